The standard InChI is InChI=1S/C17H26O2Si/c1-13(2)20(14(3)4,15(5)6)11-9-16(18)12-17-8-7-10-19-17/h7-8,10,13-15H,12H2,1-6H3. The first kappa shape index (κ1) is 16.8. The van der Waals surface area contributed by atoms with Crippen molar-refractivity contribution in [1.82, 2.24) is 0 Å². The van der Waals surface area contributed by atoms with E-state index in [1.165, 1.54) is 0 Å². The van der Waals surface area contributed by atoms with Crippen LogP contribution in [0.25, 0.3) is 0 Å². The summed E-state index contributed by atoms with van der Waals surface area (Å²) in [7, 11) is -1.80. The highest BCUT2D eigenvalue weighted by Crippen LogP contribution is 2.40. The van der Waals surface area contributed by atoms with E-state index < -0.39 is 8.07 Å². The summed E-state index contributed by atoms with van der Waals surface area (Å²) in [5.41, 5.74) is 5.08. The maximum absolute atomic E-state index is 12.0. The molecule has 0 amide bonds. The van der Waals surface area contributed by atoms with E-state index in [4.69, 9.17) is 4.42 Å². The van der Waals surface area contributed by atoms with Crippen LogP contribution in [0.5, 0.6) is 0 Å². The SMILES string of the molecule is CC(C)[Si](C#CC(=O)Cc1ccco1)(C(C)C)C(C)C. The molecule has 0 spiro atoms. The molecule has 0 aliphatic carbocycles. The number of furan rings is 1. The van der Waals surface area contributed by atoms with Crippen molar-refractivity contribution in [2.75, 3.05) is 0 Å². The summed E-state index contributed by atoms with van der Waals surface area (Å²) in [5, 5.41) is 0. The molecule has 1 aromatic heterocycles. The van der Waals surface area contributed by atoms with Crippen LogP contribution in [0.15, 0.2) is 22.8 Å². The van der Waals surface area contributed by atoms with Crippen molar-refractivity contribution >= 4 is 13.9 Å². The summed E-state index contributed by atoms with van der Waals surface area (Å²) in [6.45, 7) is 13.5. The Hall–Kier alpha value is -1.27. The van der Waals surface area contributed by atoms with E-state index in [9.17, 15) is 4.79 Å². The van der Waals surface area contributed by atoms with Gasteiger partial charge in [-0.25, -0.2) is 0 Å². The van der Waals surface area contributed by atoms with E-state index in [2.05, 4.69) is 53.0 Å². The van der Waals surface area contributed by atoms with Crippen LogP contribution in [0.4, 0.5) is 0 Å². The Kier molecular flexibility index (Phi) is 5.83. The van der Waals surface area contributed by atoms with Crippen molar-refractivity contribution in [1.29, 1.82) is 0 Å². The average molecular weight is 290 g/mol. The molecule has 0 atom stereocenters. The Morgan fingerprint density at radius 3 is 2.10 bits per heavy atom. The van der Waals surface area contributed by atoms with Gasteiger partial charge in [0.15, 0.2) is 0 Å². The predicted octanol–water partition coefficient (Wildman–Crippen LogP) is 4.61. The highest BCUT2D eigenvalue weighted by molar-refractivity contribution is 6.90. The lowest BCUT2D eigenvalue weighted by Gasteiger charge is -2.37. The van der Waals surface area contributed by atoms with Crippen LogP contribution in [0.2, 0.25) is 16.6 Å². The lowest BCUT2D eigenvalue weighted by molar-refractivity contribution is -0.113. The quantitative estimate of drug-likeness (QED) is 0.585. The van der Waals surface area contributed by atoms with Crippen molar-refractivity contribution in [3.63, 3.8) is 0 Å². The first-order valence-electron chi connectivity index (χ1n) is 7.39. The molecule has 0 aromatic carbocycles. The maximum Gasteiger partial charge on any atom is 0.212 e. The zero-order valence-electron chi connectivity index (χ0n) is 13.5. The molecule has 0 aliphatic rings. The monoisotopic (exact) mass is 290 g/mol. The van der Waals surface area contributed by atoms with Crippen LogP contribution in [-0.2, 0) is 11.2 Å². The molecule has 0 fully saturated rings. The minimum Gasteiger partial charge on any atom is -0.469 e. The fraction of sp³-hybridized carbons (Fsp3) is 0.588. The molecule has 1 aromatic rings. The van der Waals surface area contributed by atoms with Crippen LogP contribution in [0, 0.1) is 11.5 Å². The molecule has 1 heterocycles. The summed E-state index contributed by atoms with van der Waals surface area (Å²) in [6, 6.07) is 3.61. The average Bonchev–Trinajstić information content (AvgIpc) is 2.80. The molecule has 0 radical (unpaired) electrons. The molecule has 1 rings (SSSR count). The van der Waals surface area contributed by atoms with E-state index in [-0.39, 0.29) is 12.2 Å². The Labute approximate surface area is 124 Å². The van der Waals surface area contributed by atoms with E-state index in [0.29, 0.717) is 22.4 Å². The largest absolute Gasteiger partial charge is 0.469 e. The second-order valence-corrected chi connectivity index (χ2v) is 11.9. The minimum atomic E-state index is -1.80. The molecular weight excluding hydrogens is 264 g/mol. The van der Waals surface area contributed by atoms with Crippen LogP contribution in [0.3, 0.4) is 0 Å². The molecule has 0 saturated heterocycles. The molecule has 3 heteroatoms. The molecule has 0 unspecified atom stereocenters. The van der Waals surface area contributed by atoms with Crippen molar-refractivity contribution < 1.29 is 9.21 Å². The molecule has 0 saturated carbocycles. The van der Waals surface area contributed by atoms with Gasteiger partial charge in [-0.1, -0.05) is 41.5 Å². The third-order valence-electron chi connectivity index (χ3n) is 4.20. The van der Waals surface area contributed by atoms with Gasteiger partial charge >= 0.3 is 0 Å². The van der Waals surface area contributed by atoms with Gasteiger partial charge in [0.05, 0.1) is 12.7 Å². The summed E-state index contributed by atoms with van der Waals surface area (Å²) >= 11 is 0. The zero-order valence-corrected chi connectivity index (χ0v) is 14.5. The summed E-state index contributed by atoms with van der Waals surface area (Å²) < 4.78 is 5.20. The lowest BCUT2D eigenvalue weighted by Crippen LogP contribution is -2.43. The lowest BCUT2D eigenvalue weighted by atomic mass is 10.2. The molecule has 20 heavy (non-hydrogen) atoms. The topological polar surface area (TPSA) is 30.2 Å². The number of ketones is 1. The number of Topliss-reactive ketones (excluding diaryl/α,β-unsaturated/α-hetero) is 1. The van der Waals surface area contributed by atoms with E-state index in [0.717, 1.165) is 0 Å². The van der Waals surface area contributed by atoms with Crippen molar-refractivity contribution in [2.45, 2.75) is 64.6 Å². The predicted molar refractivity (Wildman–Crippen MR) is 86.2 cm³/mol. The minimum absolute atomic E-state index is 0.0428. The van der Waals surface area contributed by atoms with Gasteiger partial charge in [0.25, 0.3) is 0 Å². The van der Waals surface area contributed by atoms with Gasteiger partial charge in [0, 0.05) is 0 Å². The van der Waals surface area contributed by atoms with Crippen molar-refractivity contribution in [2.24, 2.45) is 0 Å². The second-order valence-electron chi connectivity index (χ2n) is 6.33. The van der Waals surface area contributed by atoms with E-state index in [1.54, 1.807) is 12.3 Å². The van der Waals surface area contributed by atoms with Crippen LogP contribution in [-0.4, -0.2) is 13.9 Å². The van der Waals surface area contributed by atoms with Crippen molar-refractivity contribution in [3.05, 3.63) is 24.2 Å². The van der Waals surface area contributed by atoms with E-state index in [1.807, 2.05) is 6.07 Å². The van der Waals surface area contributed by atoms with Gasteiger partial charge < -0.3 is 4.42 Å². The normalized spacial score (nSPS) is 11.8. The number of hydrogen-bond donors (Lipinski definition) is 0. The van der Waals surface area contributed by atoms with Gasteiger partial charge in [-0.3, -0.25) is 4.79 Å². The summed E-state index contributed by atoms with van der Waals surface area (Å²) in [4.78, 5) is 12.0. The fourth-order valence-electron chi connectivity index (χ4n) is 3.23. The molecule has 2 nitrogen and oxygen atoms in total. The maximum atomic E-state index is 12.0. The number of carbonyl (C=O) groups excluding carboxylic acids is 1. The van der Waals surface area contributed by atoms with Gasteiger partial charge in [-0.15, -0.1) is 5.54 Å². The van der Waals surface area contributed by atoms with Gasteiger partial charge in [0.1, 0.15) is 13.8 Å². The zero-order chi connectivity index (χ0) is 15.3. The number of rotatable bonds is 5. The molecule has 110 valence electrons. The van der Waals surface area contributed by atoms with Crippen LogP contribution in [0.1, 0.15) is 47.3 Å². The molecule has 0 bridgehead atoms. The first-order valence-corrected chi connectivity index (χ1v) is 9.62. The van der Waals surface area contributed by atoms with Crippen LogP contribution >= 0.6 is 0 Å². The van der Waals surface area contributed by atoms with Gasteiger partial charge in [-0.2, -0.15) is 0 Å². The third-order valence-corrected chi connectivity index (χ3v) is 10.5. The number of carbonyl (C=O) groups is 1. The van der Waals surface area contributed by atoms with Crippen LogP contribution < -0.4 is 0 Å². The fourth-order valence-corrected chi connectivity index (χ4v) is 8.45. The highest BCUT2D eigenvalue weighted by Gasteiger charge is 2.41. The smallest absolute Gasteiger partial charge is 0.212 e. The molecule has 0 N–H and O–H groups in total. The Morgan fingerprint density at radius 2 is 1.70 bits per heavy atom. The number of hydrogen-bond acceptors (Lipinski definition) is 2. The second kappa shape index (κ2) is 6.94. The van der Waals surface area contributed by atoms with Crippen molar-refractivity contribution in [3.8, 4) is 11.5 Å². The Morgan fingerprint density at radius 1 is 1.15 bits per heavy atom. The molecule has 0 aliphatic heterocycles. The van der Waals surface area contributed by atoms with E-state index >= 15 is 0 Å². The first-order chi connectivity index (χ1) is 9.30. The highest BCUT2D eigenvalue weighted by atomic mass is 28.3. The van der Waals surface area contributed by atoms with Gasteiger partial charge in [-0.05, 0) is 34.7 Å². The summed E-state index contributed by atoms with van der Waals surface area (Å²) in [5.74, 6) is 3.57. The molecular formula is C17H26O2Si. The third kappa shape index (κ3) is 3.64. The summed E-state index contributed by atoms with van der Waals surface area (Å²) in [6.07, 6.45) is 1.87. The Bertz CT molecular complexity index is 465. The van der Waals surface area contributed by atoms with Gasteiger partial charge in [0.2, 0.25) is 5.78 Å². The Balaban J connectivity index is 2.96.